The van der Waals surface area contributed by atoms with Crippen molar-refractivity contribution in [3.05, 3.63) is 48.2 Å². The van der Waals surface area contributed by atoms with Crippen molar-refractivity contribution in [2.24, 2.45) is 17.3 Å². The number of carbonyl (C=O) groups excluding carboxylic acids is 1. The van der Waals surface area contributed by atoms with E-state index in [0.717, 1.165) is 36.9 Å². The first kappa shape index (κ1) is 18.3. The molecule has 1 aromatic carbocycles. The fraction of sp³-hybridized carbons (Fsp3) is 0.476. The van der Waals surface area contributed by atoms with E-state index in [1.165, 1.54) is 0 Å². The molecule has 0 radical (unpaired) electrons. The molecule has 3 nitrogen and oxygen atoms in total. The standard InChI is InChI=1S/C21H29NO2/c1-15(2)21(4)13-11-18(12-14-21)20(24)22-19-9-7-17(8-10-19)6-5-16(3)23/h5-10,15,18,23H,3,11-14H2,1-2,4H3,(H,22,24)/b6-5+. The van der Waals surface area contributed by atoms with Gasteiger partial charge in [0.2, 0.25) is 5.91 Å². The first-order valence-electron chi connectivity index (χ1n) is 8.77. The van der Waals surface area contributed by atoms with Crippen LogP contribution in [-0.2, 0) is 4.79 Å². The summed E-state index contributed by atoms with van der Waals surface area (Å²) in [7, 11) is 0. The minimum Gasteiger partial charge on any atom is -0.509 e. The van der Waals surface area contributed by atoms with Crippen LogP contribution in [0.15, 0.2) is 42.7 Å². The second-order valence-electron chi connectivity index (χ2n) is 7.52. The summed E-state index contributed by atoms with van der Waals surface area (Å²) in [6, 6.07) is 7.59. The van der Waals surface area contributed by atoms with Crippen molar-refractivity contribution in [3.63, 3.8) is 0 Å². The lowest BCUT2D eigenvalue weighted by Gasteiger charge is -2.40. The largest absolute Gasteiger partial charge is 0.509 e. The number of carbonyl (C=O) groups is 1. The number of hydrogen-bond donors (Lipinski definition) is 2. The Morgan fingerprint density at radius 2 is 1.88 bits per heavy atom. The number of aliphatic hydroxyl groups is 1. The molecule has 130 valence electrons. The van der Waals surface area contributed by atoms with Gasteiger partial charge in [0.25, 0.3) is 0 Å². The molecule has 1 aromatic rings. The third-order valence-electron chi connectivity index (χ3n) is 5.54. The summed E-state index contributed by atoms with van der Waals surface area (Å²) in [6.45, 7) is 10.3. The Hall–Kier alpha value is -2.03. The first-order chi connectivity index (χ1) is 11.3. The van der Waals surface area contributed by atoms with Gasteiger partial charge >= 0.3 is 0 Å². The molecule has 24 heavy (non-hydrogen) atoms. The zero-order valence-electron chi connectivity index (χ0n) is 15.0. The van der Waals surface area contributed by atoms with Crippen molar-refractivity contribution in [1.82, 2.24) is 0 Å². The van der Waals surface area contributed by atoms with Crippen molar-refractivity contribution in [2.75, 3.05) is 5.32 Å². The van der Waals surface area contributed by atoms with Gasteiger partial charge in [0, 0.05) is 11.6 Å². The fourth-order valence-electron chi connectivity index (χ4n) is 3.23. The SMILES string of the molecule is C=C(O)/C=C/c1ccc(NC(=O)C2CCC(C)(C(C)C)CC2)cc1. The molecule has 1 aliphatic carbocycles. The highest BCUT2D eigenvalue weighted by molar-refractivity contribution is 5.92. The second kappa shape index (κ2) is 7.69. The van der Waals surface area contributed by atoms with Crippen LogP contribution in [0.2, 0.25) is 0 Å². The van der Waals surface area contributed by atoms with Crippen LogP contribution in [0.5, 0.6) is 0 Å². The molecule has 1 saturated carbocycles. The molecule has 2 N–H and O–H groups in total. The predicted octanol–water partition coefficient (Wildman–Crippen LogP) is 5.56. The van der Waals surface area contributed by atoms with Crippen molar-refractivity contribution in [3.8, 4) is 0 Å². The van der Waals surface area contributed by atoms with Gasteiger partial charge in [-0.2, -0.15) is 0 Å². The minimum atomic E-state index is 0.0260. The van der Waals surface area contributed by atoms with Crippen LogP contribution < -0.4 is 5.32 Å². The van der Waals surface area contributed by atoms with E-state index in [-0.39, 0.29) is 17.6 Å². The number of rotatable bonds is 5. The van der Waals surface area contributed by atoms with Gasteiger partial charge < -0.3 is 10.4 Å². The van der Waals surface area contributed by atoms with Gasteiger partial charge in [-0.15, -0.1) is 0 Å². The monoisotopic (exact) mass is 327 g/mol. The topological polar surface area (TPSA) is 49.3 Å². The molecule has 0 aromatic heterocycles. The highest BCUT2D eigenvalue weighted by Gasteiger charge is 2.35. The van der Waals surface area contributed by atoms with Crippen LogP contribution >= 0.6 is 0 Å². The Morgan fingerprint density at radius 1 is 1.29 bits per heavy atom. The summed E-state index contributed by atoms with van der Waals surface area (Å²) < 4.78 is 0. The smallest absolute Gasteiger partial charge is 0.227 e. The average molecular weight is 327 g/mol. The number of nitrogens with one attached hydrogen (secondary N) is 1. The molecule has 1 amide bonds. The number of amides is 1. The number of aliphatic hydroxyl groups excluding tert-OH is 1. The van der Waals surface area contributed by atoms with Crippen molar-refractivity contribution < 1.29 is 9.90 Å². The van der Waals surface area contributed by atoms with E-state index >= 15 is 0 Å². The van der Waals surface area contributed by atoms with Gasteiger partial charge in [-0.05, 0) is 60.8 Å². The number of anilines is 1. The highest BCUT2D eigenvalue weighted by atomic mass is 16.3. The maximum Gasteiger partial charge on any atom is 0.227 e. The van der Waals surface area contributed by atoms with E-state index in [4.69, 9.17) is 5.11 Å². The van der Waals surface area contributed by atoms with Gasteiger partial charge in [0.1, 0.15) is 5.76 Å². The van der Waals surface area contributed by atoms with Crippen molar-refractivity contribution in [1.29, 1.82) is 0 Å². The molecule has 1 aliphatic rings. The van der Waals surface area contributed by atoms with Crippen LogP contribution in [-0.4, -0.2) is 11.0 Å². The average Bonchev–Trinajstić information content (AvgIpc) is 2.54. The maximum absolute atomic E-state index is 12.5. The highest BCUT2D eigenvalue weighted by Crippen LogP contribution is 2.44. The Labute approximate surface area is 145 Å². The first-order valence-corrected chi connectivity index (χ1v) is 8.77. The van der Waals surface area contributed by atoms with Crippen molar-refractivity contribution >= 4 is 17.7 Å². The molecular weight excluding hydrogens is 298 g/mol. The Morgan fingerprint density at radius 3 is 2.38 bits per heavy atom. The van der Waals surface area contributed by atoms with Gasteiger partial charge in [0.15, 0.2) is 0 Å². The van der Waals surface area contributed by atoms with Crippen LogP contribution in [0, 0.1) is 17.3 Å². The zero-order chi connectivity index (χ0) is 17.7. The van der Waals surface area contributed by atoms with E-state index in [1.54, 1.807) is 12.2 Å². The van der Waals surface area contributed by atoms with E-state index in [1.807, 2.05) is 24.3 Å². The second-order valence-corrected chi connectivity index (χ2v) is 7.52. The lowest BCUT2D eigenvalue weighted by atomic mass is 9.66. The molecule has 1 fully saturated rings. The van der Waals surface area contributed by atoms with Crippen LogP contribution in [0.4, 0.5) is 5.69 Å². The molecule has 0 saturated heterocycles. The summed E-state index contributed by atoms with van der Waals surface area (Å²) in [6.07, 6.45) is 7.51. The van der Waals surface area contributed by atoms with Gasteiger partial charge in [-0.25, -0.2) is 0 Å². The molecule has 0 heterocycles. The van der Waals surface area contributed by atoms with Crippen molar-refractivity contribution in [2.45, 2.75) is 46.5 Å². The summed E-state index contributed by atoms with van der Waals surface area (Å²) in [5, 5.41) is 12.1. The summed E-state index contributed by atoms with van der Waals surface area (Å²) >= 11 is 0. The van der Waals surface area contributed by atoms with Crippen LogP contribution in [0.3, 0.4) is 0 Å². The van der Waals surface area contributed by atoms with Crippen LogP contribution in [0.25, 0.3) is 6.08 Å². The number of benzene rings is 1. The maximum atomic E-state index is 12.5. The normalized spacial score (nSPS) is 24.2. The fourth-order valence-corrected chi connectivity index (χ4v) is 3.23. The summed E-state index contributed by atoms with van der Waals surface area (Å²) in [5.41, 5.74) is 2.15. The molecular formula is C21H29NO2. The van der Waals surface area contributed by atoms with Gasteiger partial charge in [-0.3, -0.25) is 4.79 Å². The summed E-state index contributed by atoms with van der Waals surface area (Å²) in [4.78, 5) is 12.5. The Bertz CT molecular complexity index is 605. The third-order valence-corrected chi connectivity index (χ3v) is 5.54. The Balaban J connectivity index is 1.90. The van der Waals surface area contributed by atoms with Gasteiger partial charge in [-0.1, -0.05) is 45.6 Å². The zero-order valence-corrected chi connectivity index (χ0v) is 15.0. The van der Waals surface area contributed by atoms with Crippen LogP contribution in [0.1, 0.15) is 52.0 Å². The predicted molar refractivity (Wildman–Crippen MR) is 101 cm³/mol. The lowest BCUT2D eigenvalue weighted by Crippen LogP contribution is -2.34. The quantitative estimate of drug-likeness (QED) is 0.549. The molecule has 0 bridgehead atoms. The molecule has 0 atom stereocenters. The number of hydrogen-bond acceptors (Lipinski definition) is 2. The Kier molecular flexibility index (Phi) is 5.87. The minimum absolute atomic E-state index is 0.0260. The van der Waals surface area contributed by atoms with E-state index in [0.29, 0.717) is 11.3 Å². The molecule has 0 aliphatic heterocycles. The van der Waals surface area contributed by atoms with E-state index in [2.05, 4.69) is 32.7 Å². The molecule has 2 rings (SSSR count). The molecule has 0 spiro atoms. The number of allylic oxidation sites excluding steroid dienone is 1. The molecule has 0 unspecified atom stereocenters. The summed E-state index contributed by atoms with van der Waals surface area (Å²) in [5.74, 6) is 0.942. The lowest BCUT2D eigenvalue weighted by molar-refractivity contribution is -0.121. The molecule has 3 heteroatoms. The third kappa shape index (κ3) is 4.73. The van der Waals surface area contributed by atoms with E-state index < -0.39 is 0 Å². The van der Waals surface area contributed by atoms with E-state index in [9.17, 15) is 4.79 Å². The van der Waals surface area contributed by atoms with Gasteiger partial charge in [0.05, 0.1) is 0 Å².